The van der Waals surface area contributed by atoms with E-state index in [1.807, 2.05) is 43.5 Å². The van der Waals surface area contributed by atoms with Crippen LogP contribution in [0, 0.1) is 17.5 Å². The third-order valence-electron chi connectivity index (χ3n) is 5.94. The van der Waals surface area contributed by atoms with Gasteiger partial charge in [0.25, 0.3) is 0 Å². The van der Waals surface area contributed by atoms with E-state index in [1.54, 1.807) is 18.2 Å². The number of halogens is 5. The maximum Gasteiger partial charge on any atom is 0.387 e. The molecule has 0 N–H and O–H groups in total. The summed E-state index contributed by atoms with van der Waals surface area (Å²) in [5, 5.41) is 1.13. The lowest BCUT2D eigenvalue weighted by molar-refractivity contribution is -0.0546. The van der Waals surface area contributed by atoms with Crippen LogP contribution >= 0.6 is 0 Å². The Labute approximate surface area is 206 Å². The van der Waals surface area contributed by atoms with Gasteiger partial charge in [0.2, 0.25) is 0 Å². The predicted molar refractivity (Wildman–Crippen MR) is 131 cm³/mol. The second-order valence-electron chi connectivity index (χ2n) is 8.40. The van der Waals surface area contributed by atoms with E-state index in [0.29, 0.717) is 16.3 Å². The molecule has 186 valence electrons. The topological polar surface area (TPSA) is 22.1 Å². The lowest BCUT2D eigenvalue weighted by Gasteiger charge is -2.11. The van der Waals surface area contributed by atoms with E-state index in [0.717, 1.165) is 41.8 Å². The highest BCUT2D eigenvalue weighted by Crippen LogP contribution is 2.29. The van der Waals surface area contributed by atoms with Crippen LogP contribution in [0.3, 0.4) is 0 Å². The Morgan fingerprint density at radius 1 is 0.861 bits per heavy atom. The second-order valence-corrected chi connectivity index (χ2v) is 8.40. The molecule has 0 aliphatic carbocycles. The Morgan fingerprint density at radius 3 is 2.31 bits per heavy atom. The zero-order valence-electron chi connectivity index (χ0n) is 19.6. The predicted octanol–water partition coefficient (Wildman–Crippen LogP) is 8.21. The summed E-state index contributed by atoms with van der Waals surface area (Å²) in [6.45, 7) is -1.35. The zero-order chi connectivity index (χ0) is 25.7. The van der Waals surface area contributed by atoms with Crippen LogP contribution < -0.4 is 4.74 Å². The van der Waals surface area contributed by atoms with Crippen molar-refractivity contribution in [3.63, 3.8) is 0 Å². The van der Waals surface area contributed by atoms with E-state index in [2.05, 4.69) is 15.8 Å². The van der Waals surface area contributed by atoms with Crippen LogP contribution in [0.2, 0.25) is 0 Å². The van der Waals surface area contributed by atoms with Crippen molar-refractivity contribution in [3.8, 4) is 17.0 Å². The first-order chi connectivity index (χ1) is 17.4. The van der Waals surface area contributed by atoms with Crippen LogP contribution in [-0.2, 0) is 19.3 Å². The Kier molecular flexibility index (Phi) is 7.98. The number of ether oxygens (including phenoxy) is 1. The summed E-state index contributed by atoms with van der Waals surface area (Å²) in [4.78, 5) is 4.54. The number of aromatic nitrogens is 1. The summed E-state index contributed by atoms with van der Waals surface area (Å²) < 4.78 is 71.6. The summed E-state index contributed by atoms with van der Waals surface area (Å²) in [6.07, 6.45) is 8.14. The molecule has 0 saturated carbocycles. The largest absolute Gasteiger partial charge is 0.429 e. The van der Waals surface area contributed by atoms with Crippen LogP contribution in [0.1, 0.15) is 30.0 Å². The highest BCUT2D eigenvalue weighted by Gasteiger charge is 2.17. The first-order valence-corrected chi connectivity index (χ1v) is 11.6. The summed E-state index contributed by atoms with van der Waals surface area (Å²) >= 11 is 0. The number of pyridine rings is 1. The number of nitrogens with zero attached hydrogens (tertiary/aromatic N) is 1. The van der Waals surface area contributed by atoms with Crippen molar-refractivity contribution in [1.82, 2.24) is 4.98 Å². The molecule has 0 saturated heterocycles. The molecule has 0 spiro atoms. The number of allylic oxidation sites excluding steroid dienone is 2. The SMILES string of the molecule is C/C=C/CCc1ccc(-c2ccc3c(F)c(CCc4cc(F)c(OC(F)F)c(F)c4)ccc3c2)nc1. The Hall–Kier alpha value is -3.74. The van der Waals surface area contributed by atoms with Gasteiger partial charge in [0, 0.05) is 17.1 Å². The molecule has 1 heterocycles. The third kappa shape index (κ3) is 5.90. The molecule has 0 atom stereocenters. The van der Waals surface area contributed by atoms with Crippen LogP contribution in [0.15, 0.2) is 72.9 Å². The van der Waals surface area contributed by atoms with Gasteiger partial charge >= 0.3 is 6.61 Å². The summed E-state index contributed by atoms with van der Waals surface area (Å²) in [5.74, 6) is -3.99. The molecule has 0 radical (unpaired) electrons. The summed E-state index contributed by atoms with van der Waals surface area (Å²) in [7, 11) is 0. The van der Waals surface area contributed by atoms with Crippen molar-refractivity contribution in [2.45, 2.75) is 39.2 Å². The summed E-state index contributed by atoms with van der Waals surface area (Å²) in [6, 6.07) is 14.6. The first-order valence-electron chi connectivity index (χ1n) is 11.6. The van der Waals surface area contributed by atoms with Gasteiger partial charge in [-0.05, 0) is 78.9 Å². The molecule has 3 aromatic carbocycles. The van der Waals surface area contributed by atoms with Gasteiger partial charge in [0.1, 0.15) is 5.82 Å². The van der Waals surface area contributed by atoms with E-state index in [1.165, 1.54) is 0 Å². The molecule has 1 aromatic heterocycles. The van der Waals surface area contributed by atoms with Crippen molar-refractivity contribution < 1.29 is 26.7 Å². The van der Waals surface area contributed by atoms with Gasteiger partial charge in [-0.1, -0.05) is 42.5 Å². The number of benzene rings is 3. The minimum absolute atomic E-state index is 0.119. The van der Waals surface area contributed by atoms with E-state index < -0.39 is 29.8 Å². The maximum atomic E-state index is 15.2. The fraction of sp³-hybridized carbons (Fsp3) is 0.207. The van der Waals surface area contributed by atoms with Crippen molar-refractivity contribution in [2.24, 2.45) is 0 Å². The average Bonchev–Trinajstić information content (AvgIpc) is 2.86. The smallest absolute Gasteiger partial charge is 0.387 e. The molecule has 4 rings (SSSR count). The minimum Gasteiger partial charge on any atom is -0.429 e. The Morgan fingerprint density at radius 2 is 1.64 bits per heavy atom. The molecule has 0 fully saturated rings. The van der Waals surface area contributed by atoms with Crippen LogP contribution in [0.25, 0.3) is 22.0 Å². The lowest BCUT2D eigenvalue weighted by Crippen LogP contribution is -2.06. The number of aryl methyl sites for hydroxylation is 3. The highest BCUT2D eigenvalue weighted by molar-refractivity contribution is 5.88. The fourth-order valence-electron chi connectivity index (χ4n) is 4.09. The minimum atomic E-state index is -3.34. The molecule has 0 amide bonds. The molecule has 36 heavy (non-hydrogen) atoms. The quantitative estimate of drug-likeness (QED) is 0.172. The van der Waals surface area contributed by atoms with E-state index in [-0.39, 0.29) is 18.4 Å². The van der Waals surface area contributed by atoms with Gasteiger partial charge in [-0.15, -0.1) is 0 Å². The van der Waals surface area contributed by atoms with Gasteiger partial charge in [-0.2, -0.15) is 8.78 Å². The van der Waals surface area contributed by atoms with Crippen molar-refractivity contribution in [1.29, 1.82) is 0 Å². The standard InChI is InChI=1S/C29H24F5NO/c1-2-3-4-5-18-7-13-26(35-17-18)22-11-12-23-21(16-22)10-9-20(27(23)32)8-6-19-14-24(30)28(25(31)15-19)36-29(33)34/h2-3,7,9-17,29H,4-6,8H2,1H3/b3-2+. The molecule has 0 unspecified atom stereocenters. The van der Waals surface area contributed by atoms with Crippen LogP contribution in [0.4, 0.5) is 22.0 Å². The monoisotopic (exact) mass is 497 g/mol. The van der Waals surface area contributed by atoms with Gasteiger partial charge < -0.3 is 4.74 Å². The molecule has 4 aromatic rings. The van der Waals surface area contributed by atoms with Gasteiger partial charge in [0.05, 0.1) is 5.69 Å². The van der Waals surface area contributed by atoms with Gasteiger partial charge in [-0.3, -0.25) is 4.98 Å². The molecular formula is C29H24F5NO. The molecule has 0 aliphatic rings. The molecule has 0 aliphatic heterocycles. The Bertz CT molecular complexity index is 1360. The van der Waals surface area contributed by atoms with Crippen molar-refractivity contribution in [3.05, 3.63) is 107 Å². The molecule has 2 nitrogen and oxygen atoms in total. The number of fused-ring (bicyclic) bond motifs is 1. The van der Waals surface area contributed by atoms with Crippen molar-refractivity contribution in [2.75, 3.05) is 0 Å². The average molecular weight is 498 g/mol. The second kappa shape index (κ2) is 11.3. The van der Waals surface area contributed by atoms with Gasteiger partial charge in [-0.25, -0.2) is 13.2 Å². The van der Waals surface area contributed by atoms with Crippen molar-refractivity contribution >= 4 is 10.8 Å². The van der Waals surface area contributed by atoms with E-state index in [4.69, 9.17) is 0 Å². The van der Waals surface area contributed by atoms with E-state index >= 15 is 4.39 Å². The van der Waals surface area contributed by atoms with E-state index in [9.17, 15) is 17.6 Å². The molecular weight excluding hydrogens is 473 g/mol. The van der Waals surface area contributed by atoms with Gasteiger partial charge in [0.15, 0.2) is 17.4 Å². The number of alkyl halides is 2. The van der Waals surface area contributed by atoms with Crippen LogP contribution in [0.5, 0.6) is 5.75 Å². The maximum absolute atomic E-state index is 15.2. The summed E-state index contributed by atoms with van der Waals surface area (Å²) in [5.41, 5.74) is 3.39. The van der Waals surface area contributed by atoms with Crippen LogP contribution in [-0.4, -0.2) is 11.6 Å². The Balaban J connectivity index is 1.50. The first kappa shape index (κ1) is 25.4. The number of rotatable bonds is 9. The highest BCUT2D eigenvalue weighted by atomic mass is 19.3. The number of hydrogen-bond donors (Lipinski definition) is 0. The zero-order valence-corrected chi connectivity index (χ0v) is 19.6. The molecule has 7 heteroatoms. The lowest BCUT2D eigenvalue weighted by atomic mass is 9.98. The molecule has 0 bridgehead atoms. The fourth-order valence-corrected chi connectivity index (χ4v) is 4.09. The number of hydrogen-bond acceptors (Lipinski definition) is 2. The third-order valence-corrected chi connectivity index (χ3v) is 5.94. The normalized spacial score (nSPS) is 11.6.